The molecule has 4 nitrogen and oxygen atoms in total. The van der Waals surface area contributed by atoms with Crippen molar-refractivity contribution in [2.24, 2.45) is 0 Å². The van der Waals surface area contributed by atoms with Crippen molar-refractivity contribution < 1.29 is 17.9 Å². The zero-order chi connectivity index (χ0) is 21.5. The Kier molecular flexibility index (Phi) is 5.29. The van der Waals surface area contributed by atoms with Crippen molar-refractivity contribution >= 4 is 44.7 Å². The number of methoxy groups -OCH3 is 1. The fourth-order valence-corrected chi connectivity index (χ4v) is 4.20. The average molecular weight is 450 g/mol. The predicted molar refractivity (Wildman–Crippen MR) is 114 cm³/mol. The summed E-state index contributed by atoms with van der Waals surface area (Å²) in [6.07, 6.45) is -4.48. The number of hydrogen-bond donors (Lipinski definition) is 1. The van der Waals surface area contributed by atoms with E-state index in [1.807, 2.05) is 29.6 Å². The topological polar surface area (TPSA) is 47.0 Å². The number of fused-ring (bicyclic) bond motifs is 1. The molecule has 2 aromatic heterocycles. The van der Waals surface area contributed by atoms with Crippen molar-refractivity contribution in [2.45, 2.75) is 13.1 Å². The molecule has 0 aliphatic carbocycles. The second kappa shape index (κ2) is 7.77. The highest BCUT2D eigenvalue weighted by Crippen LogP contribution is 2.40. The molecule has 0 spiro atoms. The van der Waals surface area contributed by atoms with E-state index in [-0.39, 0.29) is 10.7 Å². The fraction of sp³-hybridized carbons (Fsp3) is 0.143. The van der Waals surface area contributed by atoms with Crippen LogP contribution in [-0.4, -0.2) is 17.1 Å². The Labute approximate surface area is 179 Å². The van der Waals surface area contributed by atoms with Crippen LogP contribution in [0.1, 0.15) is 11.4 Å². The first-order valence-electron chi connectivity index (χ1n) is 8.80. The Morgan fingerprint density at radius 2 is 1.80 bits per heavy atom. The SMILES string of the molecule is COc1ccc(-c2csc3nc(C)nc(Nc4cc(C(F)(F)F)ccc4Cl)c23)cc1. The van der Waals surface area contributed by atoms with E-state index >= 15 is 0 Å². The van der Waals surface area contributed by atoms with E-state index in [0.717, 1.165) is 33.8 Å². The van der Waals surface area contributed by atoms with Gasteiger partial charge in [0.05, 0.1) is 28.8 Å². The van der Waals surface area contributed by atoms with Crippen molar-refractivity contribution in [3.8, 4) is 16.9 Å². The number of alkyl halides is 3. The van der Waals surface area contributed by atoms with Gasteiger partial charge in [-0.15, -0.1) is 11.3 Å². The van der Waals surface area contributed by atoms with Gasteiger partial charge in [0, 0.05) is 10.9 Å². The van der Waals surface area contributed by atoms with Crippen LogP contribution in [0.2, 0.25) is 5.02 Å². The Balaban J connectivity index is 1.84. The van der Waals surface area contributed by atoms with E-state index < -0.39 is 11.7 Å². The van der Waals surface area contributed by atoms with Gasteiger partial charge in [0.2, 0.25) is 0 Å². The van der Waals surface area contributed by atoms with Gasteiger partial charge in [-0.3, -0.25) is 0 Å². The summed E-state index contributed by atoms with van der Waals surface area (Å²) >= 11 is 7.60. The molecule has 0 bridgehead atoms. The molecule has 0 amide bonds. The van der Waals surface area contributed by atoms with Gasteiger partial charge in [-0.1, -0.05) is 23.7 Å². The second-order valence-electron chi connectivity index (χ2n) is 6.49. The maximum Gasteiger partial charge on any atom is 0.416 e. The molecule has 30 heavy (non-hydrogen) atoms. The first-order valence-corrected chi connectivity index (χ1v) is 10.1. The second-order valence-corrected chi connectivity index (χ2v) is 7.76. The Bertz CT molecular complexity index is 1220. The maximum absolute atomic E-state index is 13.1. The number of nitrogens with one attached hydrogen (secondary N) is 1. The van der Waals surface area contributed by atoms with Crippen molar-refractivity contribution in [3.05, 3.63) is 64.3 Å². The summed E-state index contributed by atoms with van der Waals surface area (Å²) in [6, 6.07) is 10.6. The molecule has 0 fully saturated rings. The number of ether oxygens (including phenoxy) is 1. The third-order valence-corrected chi connectivity index (χ3v) is 5.69. The predicted octanol–water partition coefficient (Wildman–Crippen LogP) is 7.09. The smallest absolute Gasteiger partial charge is 0.416 e. The molecule has 2 aromatic carbocycles. The molecule has 9 heteroatoms. The molecule has 0 radical (unpaired) electrons. The summed E-state index contributed by atoms with van der Waals surface area (Å²) in [7, 11) is 1.59. The number of benzene rings is 2. The Morgan fingerprint density at radius 3 is 2.47 bits per heavy atom. The van der Waals surface area contributed by atoms with Crippen LogP contribution in [0.4, 0.5) is 24.7 Å². The number of anilines is 2. The van der Waals surface area contributed by atoms with E-state index in [2.05, 4.69) is 15.3 Å². The Hall–Kier alpha value is -2.84. The fourth-order valence-electron chi connectivity index (χ4n) is 3.05. The number of hydrogen-bond acceptors (Lipinski definition) is 5. The highest BCUT2D eigenvalue weighted by molar-refractivity contribution is 7.17. The molecule has 2 heterocycles. The molecule has 0 atom stereocenters. The van der Waals surface area contributed by atoms with Gasteiger partial charge in [-0.05, 0) is 42.8 Å². The van der Waals surface area contributed by atoms with Crippen LogP contribution >= 0.6 is 22.9 Å². The molecule has 0 unspecified atom stereocenters. The normalized spacial score (nSPS) is 11.7. The van der Waals surface area contributed by atoms with Gasteiger partial charge in [0.15, 0.2) is 0 Å². The number of rotatable bonds is 4. The van der Waals surface area contributed by atoms with Crippen LogP contribution in [-0.2, 0) is 6.18 Å². The lowest BCUT2D eigenvalue weighted by Gasteiger charge is -2.14. The van der Waals surface area contributed by atoms with Crippen LogP contribution in [0.15, 0.2) is 47.8 Å². The molecule has 1 N–H and O–H groups in total. The monoisotopic (exact) mass is 449 g/mol. The van der Waals surface area contributed by atoms with Crippen LogP contribution in [0, 0.1) is 6.92 Å². The summed E-state index contributed by atoms with van der Waals surface area (Å²) in [6.45, 7) is 1.73. The quantitative estimate of drug-likeness (QED) is 0.361. The summed E-state index contributed by atoms with van der Waals surface area (Å²) < 4.78 is 44.6. The number of aromatic nitrogens is 2. The third-order valence-electron chi connectivity index (χ3n) is 4.49. The lowest BCUT2D eigenvalue weighted by molar-refractivity contribution is -0.137. The van der Waals surface area contributed by atoms with Crippen molar-refractivity contribution in [1.82, 2.24) is 9.97 Å². The third kappa shape index (κ3) is 3.93. The van der Waals surface area contributed by atoms with Crippen LogP contribution in [0.25, 0.3) is 21.3 Å². The minimum atomic E-state index is -4.48. The number of halogens is 4. The van der Waals surface area contributed by atoms with E-state index in [4.69, 9.17) is 16.3 Å². The van der Waals surface area contributed by atoms with E-state index in [1.165, 1.54) is 17.4 Å². The zero-order valence-electron chi connectivity index (χ0n) is 15.8. The van der Waals surface area contributed by atoms with Crippen molar-refractivity contribution in [1.29, 1.82) is 0 Å². The number of thiophene rings is 1. The van der Waals surface area contributed by atoms with Crippen LogP contribution in [0.5, 0.6) is 5.75 Å². The number of aryl methyl sites for hydroxylation is 1. The van der Waals surface area contributed by atoms with Gasteiger partial charge in [0.1, 0.15) is 22.2 Å². The molecule has 4 rings (SSSR count). The largest absolute Gasteiger partial charge is 0.497 e. The highest BCUT2D eigenvalue weighted by atomic mass is 35.5. The van der Waals surface area contributed by atoms with E-state index in [9.17, 15) is 13.2 Å². The summed E-state index contributed by atoms with van der Waals surface area (Å²) in [5.74, 6) is 1.61. The lowest BCUT2D eigenvalue weighted by Crippen LogP contribution is -2.06. The van der Waals surface area contributed by atoms with Gasteiger partial charge >= 0.3 is 6.18 Å². The zero-order valence-corrected chi connectivity index (χ0v) is 17.4. The van der Waals surface area contributed by atoms with Gasteiger partial charge in [-0.2, -0.15) is 13.2 Å². The molecular formula is C21H15ClF3N3OS. The van der Waals surface area contributed by atoms with Gasteiger partial charge in [0.25, 0.3) is 0 Å². The van der Waals surface area contributed by atoms with Crippen molar-refractivity contribution in [2.75, 3.05) is 12.4 Å². The minimum absolute atomic E-state index is 0.123. The lowest BCUT2D eigenvalue weighted by atomic mass is 10.1. The summed E-state index contributed by atoms with van der Waals surface area (Å²) in [5.41, 5.74) is 1.10. The molecule has 0 saturated heterocycles. The molecule has 4 aromatic rings. The molecule has 0 aliphatic heterocycles. The molecule has 0 saturated carbocycles. The van der Waals surface area contributed by atoms with E-state index in [0.29, 0.717) is 17.0 Å². The summed E-state index contributed by atoms with van der Waals surface area (Å²) in [5, 5.41) is 5.80. The summed E-state index contributed by atoms with van der Waals surface area (Å²) in [4.78, 5) is 9.63. The standard InChI is InChI=1S/C21H15ClF3N3OS/c1-11-26-19(28-17-9-13(21(23,24)25)5-8-16(17)22)18-15(10-30-20(18)27-11)12-3-6-14(29-2)7-4-12/h3-10H,1-2H3,(H,26,27,28). The first kappa shape index (κ1) is 20.4. The number of nitrogens with zero attached hydrogens (tertiary/aromatic N) is 2. The molecule has 0 aliphatic rings. The molecular weight excluding hydrogens is 435 g/mol. The van der Waals surface area contributed by atoms with Crippen molar-refractivity contribution in [3.63, 3.8) is 0 Å². The van der Waals surface area contributed by atoms with Gasteiger partial charge < -0.3 is 10.1 Å². The minimum Gasteiger partial charge on any atom is -0.497 e. The van der Waals surface area contributed by atoms with Gasteiger partial charge in [-0.25, -0.2) is 9.97 Å². The van der Waals surface area contributed by atoms with Crippen LogP contribution < -0.4 is 10.1 Å². The first-order chi connectivity index (χ1) is 14.3. The average Bonchev–Trinajstić information content (AvgIpc) is 3.12. The maximum atomic E-state index is 13.1. The van der Waals surface area contributed by atoms with Crippen LogP contribution in [0.3, 0.4) is 0 Å². The molecule has 154 valence electrons. The Morgan fingerprint density at radius 1 is 1.07 bits per heavy atom. The highest BCUT2D eigenvalue weighted by Gasteiger charge is 2.31. The van der Waals surface area contributed by atoms with E-state index in [1.54, 1.807) is 14.0 Å².